The Balaban J connectivity index is 1.95. The van der Waals surface area contributed by atoms with E-state index in [0.29, 0.717) is 34.1 Å². The quantitative estimate of drug-likeness (QED) is 0.328. The lowest BCUT2D eigenvalue weighted by molar-refractivity contribution is -0.132. The van der Waals surface area contributed by atoms with Gasteiger partial charge in [0.05, 0.1) is 32.9 Å². The number of aryl methyl sites for hydroxylation is 1. The van der Waals surface area contributed by atoms with Gasteiger partial charge >= 0.3 is 0 Å². The first-order valence-electron chi connectivity index (χ1n) is 10.6. The second kappa shape index (κ2) is 9.31. The van der Waals surface area contributed by atoms with Crippen molar-refractivity contribution in [2.24, 2.45) is 0 Å². The molecule has 34 heavy (non-hydrogen) atoms. The molecule has 7 nitrogen and oxygen atoms in total. The van der Waals surface area contributed by atoms with E-state index in [1.165, 1.54) is 19.1 Å². The summed E-state index contributed by atoms with van der Waals surface area (Å²) in [4.78, 5) is 28.0. The Kier molecular flexibility index (Phi) is 6.27. The molecule has 1 unspecified atom stereocenters. The minimum Gasteiger partial charge on any atom is -0.507 e. The Bertz CT molecular complexity index is 1280. The average molecular weight is 459 g/mol. The summed E-state index contributed by atoms with van der Waals surface area (Å²) in [7, 11) is 4.55. The zero-order valence-corrected chi connectivity index (χ0v) is 19.4. The zero-order chi connectivity index (χ0) is 24.4. The number of methoxy groups -OCH3 is 3. The van der Waals surface area contributed by atoms with Gasteiger partial charge in [0.2, 0.25) is 0 Å². The van der Waals surface area contributed by atoms with Crippen LogP contribution in [0, 0.1) is 6.92 Å². The van der Waals surface area contributed by atoms with Crippen molar-refractivity contribution in [2.75, 3.05) is 26.2 Å². The van der Waals surface area contributed by atoms with E-state index in [9.17, 15) is 14.7 Å². The first kappa shape index (κ1) is 22.9. The number of amides is 1. The first-order chi connectivity index (χ1) is 16.4. The van der Waals surface area contributed by atoms with E-state index in [0.717, 1.165) is 5.56 Å². The number of carbonyl (C=O) groups is 2. The van der Waals surface area contributed by atoms with Crippen LogP contribution in [0.25, 0.3) is 5.76 Å². The topological polar surface area (TPSA) is 85.3 Å². The normalized spacial score (nSPS) is 17.1. The Morgan fingerprint density at radius 1 is 0.853 bits per heavy atom. The van der Waals surface area contributed by atoms with Gasteiger partial charge in [-0.1, -0.05) is 30.3 Å². The molecule has 0 bridgehead atoms. The third-order valence-corrected chi connectivity index (χ3v) is 5.91. The molecule has 1 aliphatic rings. The maximum atomic E-state index is 13.3. The van der Waals surface area contributed by atoms with Gasteiger partial charge in [-0.25, -0.2) is 0 Å². The maximum Gasteiger partial charge on any atom is 0.300 e. The molecule has 0 aromatic heterocycles. The number of carbonyl (C=O) groups excluding carboxylic acids is 2. The molecule has 0 saturated carbocycles. The van der Waals surface area contributed by atoms with Crippen LogP contribution in [0.3, 0.4) is 0 Å². The van der Waals surface area contributed by atoms with Crippen molar-refractivity contribution in [1.82, 2.24) is 0 Å². The highest BCUT2D eigenvalue weighted by atomic mass is 16.5. The Morgan fingerprint density at radius 3 is 2.15 bits per heavy atom. The highest BCUT2D eigenvalue weighted by Gasteiger charge is 2.47. The van der Waals surface area contributed by atoms with Gasteiger partial charge < -0.3 is 19.3 Å². The van der Waals surface area contributed by atoms with Crippen molar-refractivity contribution < 1.29 is 28.9 Å². The molecule has 1 amide bonds. The van der Waals surface area contributed by atoms with Crippen LogP contribution in [-0.2, 0) is 9.59 Å². The summed E-state index contributed by atoms with van der Waals surface area (Å²) in [6.45, 7) is 1.87. The van der Waals surface area contributed by atoms with E-state index < -0.39 is 17.7 Å². The number of aliphatic hydroxyl groups is 1. The number of hydrogen-bond acceptors (Lipinski definition) is 6. The predicted molar refractivity (Wildman–Crippen MR) is 129 cm³/mol. The second-order valence-electron chi connectivity index (χ2n) is 7.80. The highest BCUT2D eigenvalue weighted by Crippen LogP contribution is 2.44. The SMILES string of the molecule is COc1ccc(C2/C(=C(/O)c3ccc(OC)c(OC)c3)C(=O)C(=O)N2c2ccccc2C)cc1. The average Bonchev–Trinajstić information content (AvgIpc) is 3.13. The van der Waals surface area contributed by atoms with Gasteiger partial charge in [0, 0.05) is 11.3 Å². The number of benzene rings is 3. The summed E-state index contributed by atoms with van der Waals surface area (Å²) in [6.07, 6.45) is 0. The van der Waals surface area contributed by atoms with Gasteiger partial charge in [-0.3, -0.25) is 14.5 Å². The predicted octanol–water partition coefficient (Wildman–Crippen LogP) is 4.65. The number of Topliss-reactive ketones (excluding diaryl/α,β-unsaturated/α-hetero) is 1. The number of ether oxygens (including phenoxy) is 3. The van der Waals surface area contributed by atoms with Crippen LogP contribution < -0.4 is 19.1 Å². The molecule has 1 N–H and O–H groups in total. The molecule has 174 valence electrons. The number of rotatable bonds is 6. The molecule has 1 atom stereocenters. The van der Waals surface area contributed by atoms with Gasteiger partial charge in [0.1, 0.15) is 11.5 Å². The van der Waals surface area contributed by atoms with Crippen molar-refractivity contribution in [3.63, 3.8) is 0 Å². The Morgan fingerprint density at radius 2 is 1.53 bits per heavy atom. The van der Waals surface area contributed by atoms with Gasteiger partial charge in [-0.15, -0.1) is 0 Å². The fourth-order valence-corrected chi connectivity index (χ4v) is 4.16. The highest BCUT2D eigenvalue weighted by molar-refractivity contribution is 6.51. The van der Waals surface area contributed by atoms with Gasteiger partial charge in [0.15, 0.2) is 11.5 Å². The van der Waals surface area contributed by atoms with Gasteiger partial charge in [-0.2, -0.15) is 0 Å². The third kappa shape index (κ3) is 3.85. The molecule has 1 aliphatic heterocycles. The molecule has 0 aliphatic carbocycles. The molecule has 4 rings (SSSR count). The summed E-state index contributed by atoms with van der Waals surface area (Å²) in [6, 6.07) is 18.4. The molecule has 3 aromatic carbocycles. The molecule has 1 saturated heterocycles. The largest absolute Gasteiger partial charge is 0.507 e. The summed E-state index contributed by atoms with van der Waals surface area (Å²) in [5.41, 5.74) is 2.40. The first-order valence-corrected chi connectivity index (χ1v) is 10.6. The number of nitrogens with zero attached hydrogens (tertiary/aromatic N) is 1. The van der Waals surface area contributed by atoms with E-state index in [1.807, 2.05) is 19.1 Å². The Labute approximate surface area is 197 Å². The lowest BCUT2D eigenvalue weighted by atomic mass is 9.94. The number of ketones is 1. The summed E-state index contributed by atoms with van der Waals surface area (Å²) < 4.78 is 15.9. The minimum absolute atomic E-state index is 0.00867. The van der Waals surface area contributed by atoms with Crippen LogP contribution >= 0.6 is 0 Å². The standard InChI is InChI=1S/C27H25NO6/c1-16-7-5-6-8-20(16)28-24(17-9-12-19(32-2)13-10-17)23(26(30)27(28)31)25(29)18-11-14-21(33-3)22(15-18)34-4/h5-15,24,29H,1-4H3/b25-23-. The minimum atomic E-state index is -0.833. The smallest absolute Gasteiger partial charge is 0.300 e. The molecule has 3 aromatic rings. The fourth-order valence-electron chi connectivity index (χ4n) is 4.16. The number of anilines is 1. The zero-order valence-electron chi connectivity index (χ0n) is 19.4. The van der Waals surface area contributed by atoms with Crippen molar-refractivity contribution in [3.05, 3.63) is 89.0 Å². The molecule has 1 heterocycles. The van der Waals surface area contributed by atoms with Gasteiger partial charge in [-0.05, 0) is 54.4 Å². The lowest BCUT2D eigenvalue weighted by Gasteiger charge is -2.27. The molecular formula is C27H25NO6. The van der Waals surface area contributed by atoms with Crippen molar-refractivity contribution in [1.29, 1.82) is 0 Å². The second-order valence-corrected chi connectivity index (χ2v) is 7.80. The van der Waals surface area contributed by atoms with E-state index in [4.69, 9.17) is 14.2 Å². The van der Waals surface area contributed by atoms with E-state index in [-0.39, 0.29) is 11.3 Å². The third-order valence-electron chi connectivity index (χ3n) is 5.91. The maximum absolute atomic E-state index is 13.3. The van der Waals surface area contributed by atoms with E-state index >= 15 is 0 Å². The molecule has 0 radical (unpaired) electrons. The molecule has 1 fully saturated rings. The van der Waals surface area contributed by atoms with E-state index in [1.54, 1.807) is 61.7 Å². The Hall–Kier alpha value is -4.26. The molecule has 0 spiro atoms. The number of aliphatic hydroxyl groups excluding tert-OH is 1. The molecule has 7 heteroatoms. The number of hydrogen-bond donors (Lipinski definition) is 1. The van der Waals surface area contributed by atoms with Gasteiger partial charge in [0.25, 0.3) is 11.7 Å². The van der Waals surface area contributed by atoms with E-state index in [2.05, 4.69) is 0 Å². The van der Waals surface area contributed by atoms with Crippen LogP contribution in [0.15, 0.2) is 72.3 Å². The van der Waals surface area contributed by atoms with Crippen LogP contribution in [0.2, 0.25) is 0 Å². The van der Waals surface area contributed by atoms with Crippen LogP contribution in [0.5, 0.6) is 17.2 Å². The molecular weight excluding hydrogens is 434 g/mol. The van der Waals surface area contributed by atoms with Crippen molar-refractivity contribution in [2.45, 2.75) is 13.0 Å². The van der Waals surface area contributed by atoms with Crippen molar-refractivity contribution in [3.8, 4) is 17.2 Å². The summed E-state index contributed by atoms with van der Waals surface area (Å²) in [5.74, 6) is -0.270. The lowest BCUT2D eigenvalue weighted by Crippen LogP contribution is -2.30. The fraction of sp³-hybridized carbons (Fsp3) is 0.185. The van der Waals surface area contributed by atoms with Crippen LogP contribution in [0.4, 0.5) is 5.69 Å². The monoisotopic (exact) mass is 459 g/mol. The van der Waals surface area contributed by atoms with Crippen LogP contribution in [-0.4, -0.2) is 38.1 Å². The summed E-state index contributed by atoms with van der Waals surface area (Å²) >= 11 is 0. The summed E-state index contributed by atoms with van der Waals surface area (Å²) in [5, 5.41) is 11.3. The van der Waals surface area contributed by atoms with Crippen LogP contribution in [0.1, 0.15) is 22.7 Å². The van der Waals surface area contributed by atoms with Crippen molar-refractivity contribution >= 4 is 23.1 Å². The number of para-hydroxylation sites is 1.